The highest BCUT2D eigenvalue weighted by molar-refractivity contribution is 8.22. The lowest BCUT2D eigenvalue weighted by Crippen LogP contribution is -2.51. The summed E-state index contributed by atoms with van der Waals surface area (Å²) in [6, 6.07) is 0. The minimum atomic E-state index is 0.308. The SMILES string of the molecule is CSC(=S)O[C@@H]1CC[C@@]2(C)C(=CC[C@H]3[C@@H]4CC[C@H]([C@H](C)CCCC(C)C)[C@@]4(C)CC[C@@H]32)C1. The molecule has 3 saturated carbocycles. The molecule has 4 aliphatic carbocycles. The summed E-state index contributed by atoms with van der Waals surface area (Å²) in [5.74, 6) is 5.47. The Morgan fingerprint density at radius 2 is 1.88 bits per heavy atom. The molecular weight excluding hydrogens is 428 g/mol. The smallest absolute Gasteiger partial charge is 0.219 e. The lowest BCUT2D eigenvalue weighted by molar-refractivity contribution is -0.0561. The first-order valence-corrected chi connectivity index (χ1v) is 15.3. The second-order valence-corrected chi connectivity index (χ2v) is 14.1. The van der Waals surface area contributed by atoms with Gasteiger partial charge < -0.3 is 4.74 Å². The maximum absolute atomic E-state index is 6.10. The maximum Gasteiger partial charge on any atom is 0.219 e. The van der Waals surface area contributed by atoms with Crippen molar-refractivity contribution in [2.24, 2.45) is 46.3 Å². The predicted molar refractivity (Wildman–Crippen MR) is 144 cm³/mol. The molecule has 0 saturated heterocycles. The van der Waals surface area contributed by atoms with Gasteiger partial charge in [-0.3, -0.25) is 0 Å². The van der Waals surface area contributed by atoms with Gasteiger partial charge in [0.25, 0.3) is 0 Å². The molecule has 0 unspecified atom stereocenters. The molecule has 4 rings (SSSR count). The highest BCUT2D eigenvalue weighted by Crippen LogP contribution is 2.67. The van der Waals surface area contributed by atoms with Crippen molar-refractivity contribution in [1.82, 2.24) is 0 Å². The highest BCUT2D eigenvalue weighted by Gasteiger charge is 2.59. The molecule has 1 nitrogen and oxygen atoms in total. The molecule has 0 aliphatic heterocycles. The van der Waals surface area contributed by atoms with Gasteiger partial charge in [-0.2, -0.15) is 0 Å². The lowest BCUT2D eigenvalue weighted by atomic mass is 9.47. The molecular formula is C29H48OS2. The highest BCUT2D eigenvalue weighted by atomic mass is 32.2. The van der Waals surface area contributed by atoms with E-state index >= 15 is 0 Å². The topological polar surface area (TPSA) is 9.23 Å². The molecule has 8 atom stereocenters. The van der Waals surface area contributed by atoms with Crippen molar-refractivity contribution in [2.45, 2.75) is 111 Å². The summed E-state index contributed by atoms with van der Waals surface area (Å²) in [6.07, 6.45) is 20.1. The van der Waals surface area contributed by atoms with Gasteiger partial charge in [0, 0.05) is 6.42 Å². The third kappa shape index (κ3) is 4.60. The van der Waals surface area contributed by atoms with E-state index in [1.165, 1.54) is 64.2 Å². The number of ether oxygens (including phenoxy) is 1. The van der Waals surface area contributed by atoms with Crippen molar-refractivity contribution in [2.75, 3.05) is 6.26 Å². The number of thioether (sulfide) groups is 1. The largest absolute Gasteiger partial charge is 0.475 e. The first kappa shape index (κ1) is 25.1. The van der Waals surface area contributed by atoms with Crippen molar-refractivity contribution in [3.8, 4) is 0 Å². The van der Waals surface area contributed by atoms with Gasteiger partial charge >= 0.3 is 0 Å². The van der Waals surface area contributed by atoms with Gasteiger partial charge in [-0.1, -0.05) is 77.3 Å². The fourth-order valence-corrected chi connectivity index (χ4v) is 9.31. The molecule has 0 aromatic carbocycles. The molecule has 182 valence electrons. The standard InChI is InChI=1S/C29H48OS2/c1-19(2)8-7-9-20(3)24-12-13-25-23-11-10-21-18-22(30-27(31)32-6)14-16-28(21,4)26(23)15-17-29(24,25)5/h10,19-20,22-26H,7-9,11-18H2,1-6H3/t20-,22-,23+,24-,25+,26+,28+,29-/m1/s1. The first-order valence-electron chi connectivity index (χ1n) is 13.6. The average Bonchev–Trinajstić information content (AvgIpc) is 3.11. The van der Waals surface area contributed by atoms with Crippen LogP contribution in [0.15, 0.2) is 11.6 Å². The van der Waals surface area contributed by atoms with Crippen molar-refractivity contribution < 1.29 is 4.74 Å². The van der Waals surface area contributed by atoms with Crippen LogP contribution in [0.4, 0.5) is 0 Å². The number of allylic oxidation sites excluding steroid dienone is 1. The zero-order chi connectivity index (χ0) is 23.1. The van der Waals surface area contributed by atoms with Gasteiger partial charge in [0.05, 0.1) is 0 Å². The normalized spacial score (nSPS) is 42.0. The van der Waals surface area contributed by atoms with E-state index in [9.17, 15) is 0 Å². The van der Waals surface area contributed by atoms with Crippen LogP contribution in [0.3, 0.4) is 0 Å². The van der Waals surface area contributed by atoms with Crippen LogP contribution in [0.2, 0.25) is 0 Å². The summed E-state index contributed by atoms with van der Waals surface area (Å²) in [7, 11) is 0. The molecule has 0 radical (unpaired) electrons. The van der Waals surface area contributed by atoms with E-state index in [4.69, 9.17) is 17.0 Å². The van der Waals surface area contributed by atoms with Crippen molar-refractivity contribution in [3.63, 3.8) is 0 Å². The fraction of sp³-hybridized carbons (Fsp3) is 0.897. The molecule has 0 bridgehead atoms. The molecule has 3 heteroatoms. The molecule has 0 aromatic rings. The second-order valence-electron chi connectivity index (χ2n) is 12.7. The number of hydrogen-bond donors (Lipinski definition) is 0. The molecule has 0 spiro atoms. The van der Waals surface area contributed by atoms with Gasteiger partial charge in [0.1, 0.15) is 6.10 Å². The summed E-state index contributed by atoms with van der Waals surface area (Å²) in [5.41, 5.74) is 2.70. The van der Waals surface area contributed by atoms with Crippen LogP contribution in [0.5, 0.6) is 0 Å². The Balaban J connectivity index is 1.45. The van der Waals surface area contributed by atoms with Crippen molar-refractivity contribution >= 4 is 28.4 Å². The summed E-state index contributed by atoms with van der Waals surface area (Å²) >= 11 is 6.93. The van der Waals surface area contributed by atoms with E-state index in [1.54, 1.807) is 17.3 Å². The molecule has 0 aromatic heterocycles. The molecule has 4 aliphatic rings. The van der Waals surface area contributed by atoms with Crippen LogP contribution in [-0.2, 0) is 4.74 Å². The average molecular weight is 477 g/mol. The predicted octanol–water partition coefficient (Wildman–Crippen LogP) is 9.06. The van der Waals surface area contributed by atoms with Crippen LogP contribution >= 0.6 is 24.0 Å². The van der Waals surface area contributed by atoms with Crippen molar-refractivity contribution in [3.05, 3.63) is 11.6 Å². The molecule has 32 heavy (non-hydrogen) atoms. The van der Waals surface area contributed by atoms with Gasteiger partial charge in [0.15, 0.2) is 0 Å². The Bertz CT molecular complexity index is 714. The van der Waals surface area contributed by atoms with E-state index in [0.29, 0.717) is 16.9 Å². The summed E-state index contributed by atoms with van der Waals surface area (Å²) in [4.78, 5) is 0. The molecule has 3 fully saturated rings. The Morgan fingerprint density at radius 1 is 1.09 bits per heavy atom. The first-order chi connectivity index (χ1) is 15.2. The Kier molecular flexibility index (Phi) is 7.78. The molecule has 0 amide bonds. The number of thiocarbonyl (C=S) groups is 1. The van der Waals surface area contributed by atoms with Crippen LogP contribution in [0, 0.1) is 46.3 Å². The van der Waals surface area contributed by atoms with Crippen LogP contribution < -0.4 is 0 Å². The van der Waals surface area contributed by atoms with Gasteiger partial charge in [-0.05, 0) is 110 Å². The third-order valence-electron chi connectivity index (χ3n) is 10.7. The fourth-order valence-electron chi connectivity index (χ4n) is 8.94. The van der Waals surface area contributed by atoms with E-state index in [2.05, 4.69) is 40.7 Å². The van der Waals surface area contributed by atoms with Crippen LogP contribution in [0.25, 0.3) is 0 Å². The Labute approximate surface area is 208 Å². The number of fused-ring (bicyclic) bond motifs is 5. The summed E-state index contributed by atoms with van der Waals surface area (Å²) in [5, 5.41) is 0. The number of hydrogen-bond acceptors (Lipinski definition) is 3. The summed E-state index contributed by atoms with van der Waals surface area (Å²) in [6.45, 7) is 12.7. The van der Waals surface area contributed by atoms with Gasteiger partial charge in [-0.25, -0.2) is 0 Å². The minimum Gasteiger partial charge on any atom is -0.475 e. The molecule has 0 N–H and O–H groups in total. The van der Waals surface area contributed by atoms with Crippen LogP contribution in [-0.4, -0.2) is 16.7 Å². The zero-order valence-electron chi connectivity index (χ0n) is 21.6. The van der Waals surface area contributed by atoms with Gasteiger partial charge in [-0.15, -0.1) is 0 Å². The van der Waals surface area contributed by atoms with Gasteiger partial charge in [0.2, 0.25) is 4.38 Å². The molecule has 0 heterocycles. The number of rotatable bonds is 6. The van der Waals surface area contributed by atoms with E-state index in [-0.39, 0.29) is 0 Å². The van der Waals surface area contributed by atoms with E-state index in [1.807, 2.05) is 6.26 Å². The summed E-state index contributed by atoms with van der Waals surface area (Å²) < 4.78 is 6.82. The maximum atomic E-state index is 6.10. The Morgan fingerprint density at radius 3 is 2.59 bits per heavy atom. The second kappa shape index (κ2) is 9.92. The quantitative estimate of drug-likeness (QED) is 0.279. The van der Waals surface area contributed by atoms with Crippen molar-refractivity contribution in [1.29, 1.82) is 0 Å². The monoisotopic (exact) mass is 476 g/mol. The van der Waals surface area contributed by atoms with E-state index < -0.39 is 0 Å². The van der Waals surface area contributed by atoms with Crippen LogP contribution in [0.1, 0.15) is 105 Å². The zero-order valence-corrected chi connectivity index (χ0v) is 23.3. The third-order valence-corrected chi connectivity index (χ3v) is 11.7. The minimum absolute atomic E-state index is 0.308. The Hall–Kier alpha value is -0.0200. The van der Waals surface area contributed by atoms with E-state index in [0.717, 1.165) is 46.3 Å². The lowest BCUT2D eigenvalue weighted by Gasteiger charge is -2.58.